The van der Waals surface area contributed by atoms with E-state index in [0.29, 0.717) is 43.6 Å². The molecule has 2 aliphatic rings. The molecular formula is C23H23NO4. The number of hydrogen-bond acceptors (Lipinski definition) is 4. The minimum absolute atomic E-state index is 0.00258. The van der Waals surface area contributed by atoms with Crippen molar-refractivity contribution in [2.75, 3.05) is 33.4 Å². The number of amides is 1. The first-order valence-corrected chi connectivity index (χ1v) is 9.43. The van der Waals surface area contributed by atoms with Crippen LogP contribution < -0.4 is 14.2 Å². The van der Waals surface area contributed by atoms with Crippen LogP contribution in [0.2, 0.25) is 0 Å². The molecular weight excluding hydrogens is 354 g/mol. The Morgan fingerprint density at radius 3 is 2.71 bits per heavy atom. The maximum absolute atomic E-state index is 12.6. The minimum atomic E-state index is -0.00258. The Balaban J connectivity index is 1.44. The van der Waals surface area contributed by atoms with Gasteiger partial charge in [-0.25, -0.2) is 0 Å². The van der Waals surface area contributed by atoms with Crippen LogP contribution in [0.5, 0.6) is 17.2 Å². The molecule has 4 rings (SSSR count). The molecule has 0 aromatic heterocycles. The van der Waals surface area contributed by atoms with E-state index < -0.39 is 0 Å². The third-order valence-electron chi connectivity index (χ3n) is 4.93. The van der Waals surface area contributed by atoms with Gasteiger partial charge in [-0.2, -0.15) is 0 Å². The molecule has 0 N–H and O–H groups in total. The van der Waals surface area contributed by atoms with Crippen LogP contribution in [0.25, 0.3) is 11.6 Å². The zero-order chi connectivity index (χ0) is 19.3. The lowest BCUT2D eigenvalue weighted by molar-refractivity contribution is -0.125. The lowest BCUT2D eigenvalue weighted by atomic mass is 9.99. The van der Waals surface area contributed by atoms with Gasteiger partial charge in [-0.05, 0) is 41.3 Å². The molecule has 0 unspecified atom stereocenters. The van der Waals surface area contributed by atoms with E-state index in [1.807, 2.05) is 35.2 Å². The van der Waals surface area contributed by atoms with E-state index in [2.05, 4.69) is 18.2 Å². The predicted octanol–water partition coefficient (Wildman–Crippen LogP) is 3.80. The summed E-state index contributed by atoms with van der Waals surface area (Å²) in [6, 6.07) is 14.0. The third kappa shape index (κ3) is 3.88. The van der Waals surface area contributed by atoms with Crippen molar-refractivity contribution < 1.29 is 19.0 Å². The van der Waals surface area contributed by atoms with E-state index in [1.165, 1.54) is 11.1 Å². The molecule has 0 saturated carbocycles. The lowest BCUT2D eigenvalue weighted by Gasteiger charge is -2.25. The molecule has 0 atom stereocenters. The van der Waals surface area contributed by atoms with Gasteiger partial charge in [0.1, 0.15) is 13.2 Å². The smallest absolute Gasteiger partial charge is 0.246 e. The summed E-state index contributed by atoms with van der Waals surface area (Å²) in [6.07, 6.45) is 6.39. The second-order valence-electron chi connectivity index (χ2n) is 6.71. The van der Waals surface area contributed by atoms with Crippen LogP contribution in [-0.2, 0) is 4.79 Å². The minimum Gasteiger partial charge on any atom is -0.493 e. The number of rotatable bonds is 4. The van der Waals surface area contributed by atoms with Crippen LogP contribution >= 0.6 is 0 Å². The molecule has 0 radical (unpaired) electrons. The summed E-state index contributed by atoms with van der Waals surface area (Å²) >= 11 is 0. The third-order valence-corrected chi connectivity index (χ3v) is 4.93. The van der Waals surface area contributed by atoms with Crippen LogP contribution in [0.3, 0.4) is 0 Å². The average Bonchev–Trinajstić information content (AvgIpc) is 2.77. The summed E-state index contributed by atoms with van der Waals surface area (Å²) < 4.78 is 16.6. The van der Waals surface area contributed by atoms with Crippen LogP contribution in [-0.4, -0.2) is 44.2 Å². The zero-order valence-electron chi connectivity index (χ0n) is 15.9. The van der Waals surface area contributed by atoms with Crippen LogP contribution in [0.4, 0.5) is 0 Å². The van der Waals surface area contributed by atoms with Crippen LogP contribution in [0, 0.1) is 0 Å². The highest BCUT2D eigenvalue weighted by atomic mass is 16.6. The molecule has 144 valence electrons. The highest BCUT2D eigenvalue weighted by molar-refractivity contribution is 5.92. The Morgan fingerprint density at radius 1 is 1.14 bits per heavy atom. The van der Waals surface area contributed by atoms with Gasteiger partial charge in [0.2, 0.25) is 11.7 Å². The molecule has 1 amide bonds. The Labute approximate surface area is 164 Å². The summed E-state index contributed by atoms with van der Waals surface area (Å²) in [5, 5.41) is 0. The van der Waals surface area contributed by atoms with E-state index in [4.69, 9.17) is 14.2 Å². The van der Waals surface area contributed by atoms with E-state index in [-0.39, 0.29) is 5.91 Å². The monoisotopic (exact) mass is 377 g/mol. The van der Waals surface area contributed by atoms with Crippen molar-refractivity contribution in [3.63, 3.8) is 0 Å². The van der Waals surface area contributed by atoms with Crippen LogP contribution in [0.1, 0.15) is 17.5 Å². The topological polar surface area (TPSA) is 48.0 Å². The molecule has 0 fully saturated rings. The fourth-order valence-corrected chi connectivity index (χ4v) is 3.45. The molecule has 2 aromatic carbocycles. The first-order valence-electron chi connectivity index (χ1n) is 9.43. The molecule has 0 aliphatic carbocycles. The second-order valence-corrected chi connectivity index (χ2v) is 6.71. The molecule has 2 heterocycles. The van der Waals surface area contributed by atoms with Gasteiger partial charge in [0.25, 0.3) is 0 Å². The first kappa shape index (κ1) is 18.2. The number of carbonyl (C=O) groups is 1. The van der Waals surface area contributed by atoms with Crippen molar-refractivity contribution in [3.8, 4) is 17.2 Å². The number of benzene rings is 2. The summed E-state index contributed by atoms with van der Waals surface area (Å²) in [5.41, 5.74) is 3.37. The Bertz CT molecular complexity index is 900. The van der Waals surface area contributed by atoms with Crippen molar-refractivity contribution in [1.29, 1.82) is 0 Å². The van der Waals surface area contributed by atoms with E-state index in [9.17, 15) is 4.79 Å². The van der Waals surface area contributed by atoms with E-state index in [1.54, 1.807) is 19.3 Å². The van der Waals surface area contributed by atoms with Crippen molar-refractivity contribution in [2.24, 2.45) is 0 Å². The quantitative estimate of drug-likeness (QED) is 0.761. The number of nitrogens with zero attached hydrogens (tertiary/aromatic N) is 1. The molecule has 5 nitrogen and oxygen atoms in total. The molecule has 28 heavy (non-hydrogen) atoms. The van der Waals surface area contributed by atoms with Crippen molar-refractivity contribution in [1.82, 2.24) is 4.90 Å². The SMILES string of the molecule is COc1cc(C=CC(=O)N2CC=C(c3ccccc3)CC2)cc2c1OCCO2. The zero-order valence-corrected chi connectivity index (χ0v) is 15.9. The van der Waals surface area contributed by atoms with Gasteiger partial charge in [-0.3, -0.25) is 4.79 Å². The molecule has 0 bridgehead atoms. The normalized spacial score (nSPS) is 16.0. The van der Waals surface area contributed by atoms with Gasteiger partial charge in [0, 0.05) is 19.2 Å². The Hall–Kier alpha value is -3.21. The number of fused-ring (bicyclic) bond motifs is 1. The number of methoxy groups -OCH3 is 1. The summed E-state index contributed by atoms with van der Waals surface area (Å²) in [5.74, 6) is 1.87. The van der Waals surface area contributed by atoms with Gasteiger partial charge in [0.05, 0.1) is 7.11 Å². The van der Waals surface area contributed by atoms with Gasteiger partial charge in [-0.15, -0.1) is 0 Å². The molecule has 0 saturated heterocycles. The molecule has 0 spiro atoms. The number of carbonyl (C=O) groups excluding carboxylic acids is 1. The molecule has 2 aromatic rings. The average molecular weight is 377 g/mol. The summed E-state index contributed by atoms with van der Waals surface area (Å²) in [6.45, 7) is 2.35. The predicted molar refractivity (Wildman–Crippen MR) is 109 cm³/mol. The maximum atomic E-state index is 12.6. The largest absolute Gasteiger partial charge is 0.493 e. The van der Waals surface area contributed by atoms with Crippen molar-refractivity contribution in [2.45, 2.75) is 6.42 Å². The maximum Gasteiger partial charge on any atom is 0.246 e. The summed E-state index contributed by atoms with van der Waals surface area (Å²) in [7, 11) is 1.59. The highest BCUT2D eigenvalue weighted by Crippen LogP contribution is 2.40. The van der Waals surface area contributed by atoms with Gasteiger partial charge in [-0.1, -0.05) is 36.4 Å². The lowest BCUT2D eigenvalue weighted by Crippen LogP contribution is -2.33. The molecule has 2 aliphatic heterocycles. The van der Waals surface area contributed by atoms with E-state index >= 15 is 0 Å². The van der Waals surface area contributed by atoms with Gasteiger partial charge >= 0.3 is 0 Å². The Kier molecular flexibility index (Phi) is 5.33. The summed E-state index contributed by atoms with van der Waals surface area (Å²) in [4.78, 5) is 14.4. The second kappa shape index (κ2) is 8.21. The Morgan fingerprint density at radius 2 is 1.96 bits per heavy atom. The molecule has 5 heteroatoms. The highest BCUT2D eigenvalue weighted by Gasteiger charge is 2.19. The van der Waals surface area contributed by atoms with Crippen molar-refractivity contribution >= 4 is 17.6 Å². The van der Waals surface area contributed by atoms with Gasteiger partial charge < -0.3 is 19.1 Å². The van der Waals surface area contributed by atoms with Crippen LogP contribution in [0.15, 0.2) is 54.6 Å². The fraction of sp³-hybridized carbons (Fsp3) is 0.261. The fourth-order valence-electron chi connectivity index (χ4n) is 3.45. The van der Waals surface area contributed by atoms with E-state index in [0.717, 1.165) is 12.0 Å². The number of ether oxygens (including phenoxy) is 3. The number of hydrogen-bond donors (Lipinski definition) is 0. The van der Waals surface area contributed by atoms with Crippen molar-refractivity contribution in [3.05, 3.63) is 65.7 Å². The standard InChI is InChI=1S/C23H23NO4/c1-26-20-15-17(16-21-23(20)28-14-13-27-21)7-8-22(25)24-11-9-19(10-12-24)18-5-3-2-4-6-18/h2-9,15-16H,10-14H2,1H3. The first-order chi connectivity index (χ1) is 13.7. The van der Waals surface area contributed by atoms with Gasteiger partial charge in [0.15, 0.2) is 11.5 Å².